The van der Waals surface area contributed by atoms with Gasteiger partial charge in [-0.05, 0) is 73.7 Å². The molecule has 3 amide bonds. The Balaban J connectivity index is 1.21. The first-order valence-corrected chi connectivity index (χ1v) is 12.4. The number of anilines is 3. The molecule has 0 unspecified atom stereocenters. The van der Waals surface area contributed by atoms with E-state index in [2.05, 4.69) is 16.0 Å². The van der Waals surface area contributed by atoms with E-state index in [0.29, 0.717) is 29.8 Å². The molecule has 0 bridgehead atoms. The van der Waals surface area contributed by atoms with Gasteiger partial charge in [0.05, 0.1) is 6.54 Å². The summed E-state index contributed by atoms with van der Waals surface area (Å²) in [6.45, 7) is 1.65. The van der Waals surface area contributed by atoms with Gasteiger partial charge in [-0.15, -0.1) is 0 Å². The molecular formula is C29H32N4O3. The summed E-state index contributed by atoms with van der Waals surface area (Å²) in [4.78, 5) is 39.3. The molecule has 1 heterocycles. The first-order valence-electron chi connectivity index (χ1n) is 12.4. The minimum Gasteiger partial charge on any atom is -0.376 e. The van der Waals surface area contributed by atoms with Crippen LogP contribution in [0.15, 0.2) is 78.9 Å². The van der Waals surface area contributed by atoms with Gasteiger partial charge in [0.1, 0.15) is 0 Å². The molecule has 36 heavy (non-hydrogen) atoms. The number of likely N-dealkylation sites (tertiary alicyclic amines) is 1. The van der Waals surface area contributed by atoms with E-state index < -0.39 is 0 Å². The van der Waals surface area contributed by atoms with E-state index in [4.69, 9.17) is 0 Å². The molecule has 0 aromatic heterocycles. The molecule has 1 aliphatic heterocycles. The fourth-order valence-corrected chi connectivity index (χ4v) is 4.19. The Morgan fingerprint density at radius 1 is 0.694 bits per heavy atom. The number of hydrogen-bond acceptors (Lipinski definition) is 4. The lowest BCUT2D eigenvalue weighted by atomic mass is 10.1. The van der Waals surface area contributed by atoms with Crippen molar-refractivity contribution >= 4 is 34.8 Å². The number of nitrogens with one attached hydrogen (secondary N) is 3. The first kappa shape index (κ1) is 25.0. The lowest BCUT2D eigenvalue weighted by molar-refractivity contribution is -0.116. The minimum atomic E-state index is -0.212. The maximum Gasteiger partial charge on any atom is 0.253 e. The summed E-state index contributed by atoms with van der Waals surface area (Å²) in [5.41, 5.74) is 3.78. The summed E-state index contributed by atoms with van der Waals surface area (Å²) in [6.07, 6.45) is 4.34. The summed E-state index contributed by atoms with van der Waals surface area (Å²) in [6, 6.07) is 24.2. The molecule has 1 aliphatic rings. The van der Waals surface area contributed by atoms with E-state index >= 15 is 0 Å². The third-order valence-corrected chi connectivity index (χ3v) is 6.14. The molecular weight excluding hydrogens is 452 g/mol. The standard InChI is InChI=1S/C29H32N4O3/c34-27(17-12-22-8-3-1-4-9-22)31-25-15-13-24(14-16-25)30-21-28(35)32-26-11-7-10-23(20-26)29(36)33-18-5-2-6-19-33/h1,3-4,7-11,13-16,20,30H,2,5-6,12,17-19,21H2,(H,31,34)(H,32,35). The molecule has 0 aliphatic carbocycles. The Kier molecular flexibility index (Phi) is 8.70. The van der Waals surface area contributed by atoms with Crippen LogP contribution in [0, 0.1) is 0 Å². The van der Waals surface area contributed by atoms with Crippen LogP contribution in [0.4, 0.5) is 17.1 Å². The van der Waals surface area contributed by atoms with Crippen molar-refractivity contribution in [3.8, 4) is 0 Å². The van der Waals surface area contributed by atoms with Crippen LogP contribution in [-0.4, -0.2) is 42.3 Å². The van der Waals surface area contributed by atoms with Crippen molar-refractivity contribution in [2.24, 2.45) is 0 Å². The van der Waals surface area contributed by atoms with Gasteiger partial charge in [-0.25, -0.2) is 0 Å². The number of amides is 3. The highest BCUT2D eigenvalue weighted by atomic mass is 16.2. The maximum absolute atomic E-state index is 12.7. The van der Waals surface area contributed by atoms with E-state index in [1.807, 2.05) is 47.4 Å². The quantitative estimate of drug-likeness (QED) is 0.402. The number of carbonyl (C=O) groups is 3. The Hall–Kier alpha value is -4.13. The average Bonchev–Trinajstić information content (AvgIpc) is 2.92. The molecule has 0 spiro atoms. The van der Waals surface area contributed by atoms with Gasteiger partial charge < -0.3 is 20.9 Å². The van der Waals surface area contributed by atoms with Crippen molar-refractivity contribution in [3.63, 3.8) is 0 Å². The Morgan fingerprint density at radius 3 is 2.14 bits per heavy atom. The molecule has 4 rings (SSSR count). The van der Waals surface area contributed by atoms with Crippen molar-refractivity contribution in [2.75, 3.05) is 35.6 Å². The third kappa shape index (κ3) is 7.43. The van der Waals surface area contributed by atoms with Gasteiger partial charge in [0.25, 0.3) is 5.91 Å². The third-order valence-electron chi connectivity index (χ3n) is 6.14. The van der Waals surface area contributed by atoms with Crippen molar-refractivity contribution in [3.05, 3.63) is 90.0 Å². The largest absolute Gasteiger partial charge is 0.376 e. The average molecular weight is 485 g/mol. The molecule has 1 saturated heterocycles. The molecule has 1 fully saturated rings. The van der Waals surface area contributed by atoms with Gasteiger partial charge >= 0.3 is 0 Å². The highest BCUT2D eigenvalue weighted by Crippen LogP contribution is 2.17. The number of rotatable bonds is 9. The summed E-state index contributed by atoms with van der Waals surface area (Å²) in [5.74, 6) is -0.244. The van der Waals surface area contributed by atoms with Crippen LogP contribution in [0.1, 0.15) is 41.6 Å². The van der Waals surface area contributed by atoms with Gasteiger partial charge in [-0.2, -0.15) is 0 Å². The Bertz CT molecular complexity index is 1170. The van der Waals surface area contributed by atoms with Crippen LogP contribution in [-0.2, 0) is 16.0 Å². The van der Waals surface area contributed by atoms with Crippen LogP contribution in [0.25, 0.3) is 0 Å². The molecule has 0 saturated carbocycles. The second-order valence-electron chi connectivity index (χ2n) is 8.95. The molecule has 0 radical (unpaired) electrons. The number of aryl methyl sites for hydroxylation is 1. The van der Waals surface area contributed by atoms with Gasteiger partial charge in [0.15, 0.2) is 0 Å². The topological polar surface area (TPSA) is 90.5 Å². The fourth-order valence-electron chi connectivity index (χ4n) is 4.19. The number of benzene rings is 3. The number of nitrogens with zero attached hydrogens (tertiary/aromatic N) is 1. The monoisotopic (exact) mass is 484 g/mol. The van der Waals surface area contributed by atoms with Gasteiger partial charge in [0.2, 0.25) is 11.8 Å². The summed E-state index contributed by atoms with van der Waals surface area (Å²) < 4.78 is 0. The van der Waals surface area contributed by atoms with E-state index in [-0.39, 0.29) is 24.3 Å². The van der Waals surface area contributed by atoms with Gasteiger partial charge in [-0.1, -0.05) is 36.4 Å². The predicted octanol–water partition coefficient (Wildman–Crippen LogP) is 4.93. The lowest BCUT2D eigenvalue weighted by Crippen LogP contribution is -2.35. The maximum atomic E-state index is 12.7. The molecule has 3 N–H and O–H groups in total. The van der Waals surface area contributed by atoms with E-state index in [1.165, 1.54) is 6.42 Å². The second-order valence-corrected chi connectivity index (χ2v) is 8.95. The highest BCUT2D eigenvalue weighted by molar-refractivity contribution is 5.98. The van der Waals surface area contributed by atoms with Crippen LogP contribution >= 0.6 is 0 Å². The number of carbonyl (C=O) groups excluding carboxylic acids is 3. The second kappa shape index (κ2) is 12.5. The molecule has 3 aromatic rings. The molecule has 7 nitrogen and oxygen atoms in total. The summed E-state index contributed by atoms with van der Waals surface area (Å²) in [5, 5.41) is 8.83. The molecule has 0 atom stereocenters. The SMILES string of the molecule is O=C(CCc1ccccc1)Nc1ccc(NCC(=O)Nc2cccc(C(=O)N3CCCCC3)c2)cc1. The van der Waals surface area contributed by atoms with Crippen LogP contribution in [0.5, 0.6) is 0 Å². The summed E-state index contributed by atoms with van der Waals surface area (Å²) >= 11 is 0. The fraction of sp³-hybridized carbons (Fsp3) is 0.276. The molecule has 7 heteroatoms. The zero-order valence-electron chi connectivity index (χ0n) is 20.3. The molecule has 3 aromatic carbocycles. The lowest BCUT2D eigenvalue weighted by Gasteiger charge is -2.26. The summed E-state index contributed by atoms with van der Waals surface area (Å²) in [7, 11) is 0. The van der Waals surface area contributed by atoms with E-state index in [0.717, 1.165) is 37.2 Å². The van der Waals surface area contributed by atoms with E-state index in [1.54, 1.807) is 36.4 Å². The molecule has 186 valence electrons. The van der Waals surface area contributed by atoms with Crippen LogP contribution in [0.3, 0.4) is 0 Å². The first-order chi connectivity index (χ1) is 17.6. The number of hydrogen-bond donors (Lipinski definition) is 3. The van der Waals surface area contributed by atoms with Crippen LogP contribution in [0.2, 0.25) is 0 Å². The smallest absolute Gasteiger partial charge is 0.253 e. The zero-order valence-corrected chi connectivity index (χ0v) is 20.3. The van der Waals surface area contributed by atoms with Crippen molar-refractivity contribution in [1.82, 2.24) is 4.90 Å². The highest BCUT2D eigenvalue weighted by Gasteiger charge is 2.18. The Morgan fingerprint density at radius 2 is 1.39 bits per heavy atom. The van der Waals surface area contributed by atoms with Gasteiger partial charge in [-0.3, -0.25) is 14.4 Å². The minimum absolute atomic E-state index is 0.0103. The van der Waals surface area contributed by atoms with Crippen molar-refractivity contribution < 1.29 is 14.4 Å². The zero-order chi connectivity index (χ0) is 25.2. The van der Waals surface area contributed by atoms with Crippen LogP contribution < -0.4 is 16.0 Å². The predicted molar refractivity (Wildman–Crippen MR) is 143 cm³/mol. The number of piperidine rings is 1. The van der Waals surface area contributed by atoms with Crippen molar-refractivity contribution in [2.45, 2.75) is 32.1 Å². The van der Waals surface area contributed by atoms with Gasteiger partial charge in [0, 0.05) is 42.1 Å². The van der Waals surface area contributed by atoms with E-state index in [9.17, 15) is 14.4 Å². The van der Waals surface area contributed by atoms with Crippen molar-refractivity contribution in [1.29, 1.82) is 0 Å². The normalized spacial score (nSPS) is 13.1. The Labute approximate surface area is 211 Å².